The van der Waals surface area contributed by atoms with E-state index >= 15 is 0 Å². The molecule has 1 aliphatic heterocycles. The molecule has 1 aromatic carbocycles. The average molecular weight is 428 g/mol. The van der Waals surface area contributed by atoms with Gasteiger partial charge in [-0.15, -0.1) is 0 Å². The van der Waals surface area contributed by atoms with Gasteiger partial charge in [0.2, 0.25) is 0 Å². The molecule has 0 radical (unpaired) electrons. The van der Waals surface area contributed by atoms with Crippen LogP contribution in [0.1, 0.15) is 18.9 Å². The molecule has 0 aliphatic carbocycles. The summed E-state index contributed by atoms with van der Waals surface area (Å²) in [5, 5.41) is 9.93. The lowest BCUT2D eigenvalue weighted by Crippen LogP contribution is -2.42. The van der Waals surface area contributed by atoms with Crippen LogP contribution < -0.4 is 0 Å². The minimum atomic E-state index is -0.565. The number of thiazole rings is 1. The molecule has 0 unspecified atom stereocenters. The van der Waals surface area contributed by atoms with E-state index in [0.717, 1.165) is 16.3 Å². The predicted octanol–water partition coefficient (Wildman–Crippen LogP) is 3.86. The van der Waals surface area contributed by atoms with E-state index in [1.807, 2.05) is 29.8 Å². The van der Waals surface area contributed by atoms with E-state index in [0.29, 0.717) is 26.7 Å². The molecule has 0 fully saturated rings. The number of nitriles is 1. The summed E-state index contributed by atoms with van der Waals surface area (Å²) >= 11 is 1.32. The van der Waals surface area contributed by atoms with E-state index in [4.69, 9.17) is 6.57 Å². The second-order valence-corrected chi connectivity index (χ2v) is 7.87. The number of fused-ring (bicyclic) bond motifs is 1. The van der Waals surface area contributed by atoms with E-state index in [1.165, 1.54) is 11.3 Å². The summed E-state index contributed by atoms with van der Waals surface area (Å²) in [5.74, 6) is -0.273. The minimum absolute atomic E-state index is 0.0305. The normalized spacial score (nSPS) is 15.6. The van der Waals surface area contributed by atoms with E-state index in [-0.39, 0.29) is 17.7 Å². The zero-order valence-electron chi connectivity index (χ0n) is 17.0. The van der Waals surface area contributed by atoms with Gasteiger partial charge in [-0.2, -0.15) is 5.26 Å². The Bertz CT molecular complexity index is 1390. The van der Waals surface area contributed by atoms with Crippen molar-refractivity contribution in [1.29, 1.82) is 5.26 Å². The van der Waals surface area contributed by atoms with E-state index in [2.05, 4.69) is 14.8 Å². The van der Waals surface area contributed by atoms with Crippen molar-refractivity contribution in [1.82, 2.24) is 19.4 Å². The molecule has 3 heterocycles. The Labute approximate surface area is 182 Å². The third-order valence-electron chi connectivity index (χ3n) is 5.12. The zero-order valence-corrected chi connectivity index (χ0v) is 17.8. The standard InChI is InChI=1S/C22H16N6O2S/c1-5-28-21(29)15(12(2)16(11-23)22(28)30)10-17-25-19-20(31-17)26-18(27(19)4)13-6-8-14(24-3)9-7-13/h6-10H,5H2,1-2,4H3/b15-10-. The number of rotatable bonds is 3. The Morgan fingerprint density at radius 1 is 1.23 bits per heavy atom. The molecule has 4 rings (SSSR count). The highest BCUT2D eigenvalue weighted by atomic mass is 32.1. The van der Waals surface area contributed by atoms with Crippen LogP contribution in [0.25, 0.3) is 32.8 Å². The van der Waals surface area contributed by atoms with Crippen molar-refractivity contribution in [3.63, 3.8) is 0 Å². The highest BCUT2D eigenvalue weighted by Crippen LogP contribution is 2.32. The summed E-state index contributed by atoms with van der Waals surface area (Å²) in [4.78, 5) is 39.5. The van der Waals surface area contributed by atoms with Crippen molar-refractivity contribution >= 4 is 45.4 Å². The van der Waals surface area contributed by atoms with Crippen molar-refractivity contribution in [2.24, 2.45) is 7.05 Å². The molecule has 2 aromatic heterocycles. The summed E-state index contributed by atoms with van der Waals surface area (Å²) < 4.78 is 1.86. The third kappa shape index (κ3) is 3.21. The van der Waals surface area contributed by atoms with Crippen LogP contribution in [0, 0.1) is 17.9 Å². The lowest BCUT2D eigenvalue weighted by molar-refractivity contribution is -0.140. The van der Waals surface area contributed by atoms with E-state index < -0.39 is 11.8 Å². The molecule has 9 heteroatoms. The smallest absolute Gasteiger partial charge is 0.271 e. The van der Waals surface area contributed by atoms with Gasteiger partial charge < -0.3 is 4.57 Å². The molecule has 31 heavy (non-hydrogen) atoms. The zero-order chi connectivity index (χ0) is 22.3. The van der Waals surface area contributed by atoms with Crippen LogP contribution in [-0.2, 0) is 16.6 Å². The number of nitrogens with zero attached hydrogens (tertiary/aromatic N) is 6. The molecule has 2 amide bonds. The van der Waals surface area contributed by atoms with Gasteiger partial charge in [0.25, 0.3) is 11.8 Å². The number of hydrogen-bond acceptors (Lipinski definition) is 6. The van der Waals surface area contributed by atoms with Gasteiger partial charge in [-0.1, -0.05) is 35.6 Å². The van der Waals surface area contributed by atoms with Gasteiger partial charge in [0.1, 0.15) is 22.5 Å². The number of carbonyl (C=O) groups is 2. The number of benzene rings is 1. The number of aryl methyl sites for hydroxylation is 1. The average Bonchev–Trinajstić information content (AvgIpc) is 3.30. The SMILES string of the molecule is [C-]#[N+]c1ccc(-c2nc3sc(/C=C4\C(=O)N(CC)C(=O)C(C#N)=C4C)nc3n2C)cc1. The van der Waals surface area contributed by atoms with Gasteiger partial charge in [0, 0.05) is 24.7 Å². The summed E-state index contributed by atoms with van der Waals surface area (Å²) in [5.41, 5.74) is 2.70. The van der Waals surface area contributed by atoms with Crippen molar-refractivity contribution < 1.29 is 9.59 Å². The fraction of sp³-hybridized carbons (Fsp3) is 0.182. The largest absolute Gasteiger partial charge is 0.311 e. The maximum Gasteiger partial charge on any atom is 0.271 e. The molecule has 3 aromatic rings. The fourth-order valence-electron chi connectivity index (χ4n) is 3.43. The highest BCUT2D eigenvalue weighted by Gasteiger charge is 2.34. The summed E-state index contributed by atoms with van der Waals surface area (Å²) in [7, 11) is 1.85. The summed E-state index contributed by atoms with van der Waals surface area (Å²) in [6.45, 7) is 10.5. The van der Waals surface area contributed by atoms with Gasteiger partial charge in [-0.05, 0) is 25.5 Å². The Kier molecular flexibility index (Phi) is 4.97. The number of carbonyl (C=O) groups excluding carboxylic acids is 2. The Morgan fingerprint density at radius 2 is 1.94 bits per heavy atom. The highest BCUT2D eigenvalue weighted by molar-refractivity contribution is 7.18. The maximum atomic E-state index is 12.8. The number of amides is 2. The topological polar surface area (TPSA) is 96.2 Å². The first-order chi connectivity index (χ1) is 14.9. The van der Waals surface area contributed by atoms with E-state index in [9.17, 15) is 14.9 Å². The molecule has 0 bridgehead atoms. The molecule has 0 N–H and O–H groups in total. The third-order valence-corrected chi connectivity index (χ3v) is 6.00. The van der Waals surface area contributed by atoms with Crippen LogP contribution in [0.3, 0.4) is 0 Å². The number of imide groups is 1. The molecule has 0 atom stereocenters. The molecular formula is C22H16N6O2S. The number of likely N-dealkylation sites (N-methyl/N-ethyl adjacent to an activating group) is 1. The molecule has 8 nitrogen and oxygen atoms in total. The van der Waals surface area contributed by atoms with Crippen LogP contribution in [0.4, 0.5) is 5.69 Å². The molecule has 152 valence electrons. The summed E-state index contributed by atoms with van der Waals surface area (Å²) in [6, 6.07) is 9.08. The second kappa shape index (κ2) is 7.63. The predicted molar refractivity (Wildman–Crippen MR) is 117 cm³/mol. The van der Waals surface area contributed by atoms with Gasteiger partial charge in [0.05, 0.1) is 6.57 Å². The number of imidazole rings is 1. The van der Waals surface area contributed by atoms with Gasteiger partial charge in [-0.3, -0.25) is 14.5 Å². The number of hydrogen-bond donors (Lipinski definition) is 0. The molecule has 1 aliphatic rings. The molecular weight excluding hydrogens is 412 g/mol. The first-order valence-corrected chi connectivity index (χ1v) is 10.2. The lowest BCUT2D eigenvalue weighted by Gasteiger charge is -2.25. The van der Waals surface area contributed by atoms with Crippen LogP contribution in [-0.4, -0.2) is 37.8 Å². The van der Waals surface area contributed by atoms with Crippen molar-refractivity contribution in [3.05, 3.63) is 57.4 Å². The van der Waals surface area contributed by atoms with Crippen molar-refractivity contribution in [2.45, 2.75) is 13.8 Å². The first-order valence-electron chi connectivity index (χ1n) is 9.40. The quantitative estimate of drug-likeness (QED) is 0.359. The number of aromatic nitrogens is 3. The fourth-order valence-corrected chi connectivity index (χ4v) is 4.34. The second-order valence-electron chi connectivity index (χ2n) is 6.86. The van der Waals surface area contributed by atoms with Gasteiger partial charge in [0.15, 0.2) is 16.2 Å². The van der Waals surface area contributed by atoms with Gasteiger partial charge >= 0.3 is 0 Å². The maximum absolute atomic E-state index is 12.8. The summed E-state index contributed by atoms with van der Waals surface area (Å²) in [6.07, 6.45) is 1.61. The van der Waals surface area contributed by atoms with Crippen LogP contribution in [0.5, 0.6) is 0 Å². The van der Waals surface area contributed by atoms with Crippen LogP contribution in [0.2, 0.25) is 0 Å². The Balaban J connectivity index is 1.77. The van der Waals surface area contributed by atoms with Gasteiger partial charge in [-0.25, -0.2) is 14.8 Å². The van der Waals surface area contributed by atoms with Crippen molar-refractivity contribution in [3.8, 4) is 17.5 Å². The Morgan fingerprint density at radius 3 is 2.52 bits per heavy atom. The minimum Gasteiger partial charge on any atom is -0.311 e. The van der Waals surface area contributed by atoms with Crippen LogP contribution in [0.15, 0.2) is 41.0 Å². The van der Waals surface area contributed by atoms with Crippen molar-refractivity contribution in [2.75, 3.05) is 6.54 Å². The molecule has 0 spiro atoms. The van der Waals surface area contributed by atoms with E-state index in [1.54, 1.807) is 32.1 Å². The lowest BCUT2D eigenvalue weighted by atomic mass is 9.95. The Hall–Kier alpha value is -4.08. The first kappa shape index (κ1) is 20.2. The van der Waals surface area contributed by atoms with Crippen LogP contribution >= 0.6 is 11.3 Å². The monoisotopic (exact) mass is 428 g/mol. The molecule has 0 saturated carbocycles. The molecule has 0 saturated heterocycles.